The lowest BCUT2D eigenvalue weighted by Crippen LogP contribution is -2.26. The predicted molar refractivity (Wildman–Crippen MR) is 68.4 cm³/mol. The summed E-state index contributed by atoms with van der Waals surface area (Å²) in [5, 5.41) is 3.88. The van der Waals surface area contributed by atoms with Gasteiger partial charge in [-0.1, -0.05) is 18.5 Å². The summed E-state index contributed by atoms with van der Waals surface area (Å²) in [6.07, 6.45) is 1.89. The van der Waals surface area contributed by atoms with Crippen LogP contribution in [0, 0.1) is 5.92 Å². The number of rotatable bonds is 4. The molecule has 2 heterocycles. The van der Waals surface area contributed by atoms with Gasteiger partial charge in [0.1, 0.15) is 16.8 Å². The van der Waals surface area contributed by atoms with E-state index in [9.17, 15) is 0 Å². The number of aromatic nitrogens is 2. The Labute approximate surface area is 107 Å². The maximum absolute atomic E-state index is 5.96. The van der Waals surface area contributed by atoms with Crippen molar-refractivity contribution in [2.75, 3.05) is 18.5 Å². The Morgan fingerprint density at radius 1 is 1.59 bits per heavy atom. The SMILES string of the molecule is CCc1nc(Cl)cc(NC(C)C2CCOC2)n1. The first kappa shape index (κ1) is 12.6. The number of anilines is 1. The average Bonchev–Trinajstić information content (AvgIpc) is 2.81. The third-order valence-electron chi connectivity index (χ3n) is 3.10. The number of ether oxygens (including phenoxy) is 1. The normalized spacial score (nSPS) is 21.5. The van der Waals surface area contributed by atoms with Crippen molar-refractivity contribution in [1.29, 1.82) is 0 Å². The summed E-state index contributed by atoms with van der Waals surface area (Å²) in [7, 11) is 0. The molecule has 2 atom stereocenters. The van der Waals surface area contributed by atoms with Crippen molar-refractivity contribution in [2.24, 2.45) is 5.92 Å². The molecule has 1 N–H and O–H groups in total. The molecule has 1 aromatic rings. The highest BCUT2D eigenvalue weighted by Gasteiger charge is 2.22. The van der Waals surface area contributed by atoms with E-state index >= 15 is 0 Å². The van der Waals surface area contributed by atoms with E-state index in [-0.39, 0.29) is 0 Å². The van der Waals surface area contributed by atoms with Crippen molar-refractivity contribution in [3.8, 4) is 0 Å². The lowest BCUT2D eigenvalue weighted by molar-refractivity contribution is 0.183. The summed E-state index contributed by atoms with van der Waals surface area (Å²) < 4.78 is 5.39. The molecule has 1 aliphatic heterocycles. The number of nitrogens with zero attached hydrogens (tertiary/aromatic N) is 2. The topological polar surface area (TPSA) is 47.0 Å². The first-order valence-corrected chi connectivity index (χ1v) is 6.44. The Bertz CT molecular complexity index is 380. The third-order valence-corrected chi connectivity index (χ3v) is 3.30. The Morgan fingerprint density at radius 3 is 3.06 bits per heavy atom. The first-order chi connectivity index (χ1) is 8.19. The first-order valence-electron chi connectivity index (χ1n) is 6.06. The minimum absolute atomic E-state index is 0.341. The van der Waals surface area contributed by atoms with Gasteiger partial charge in [-0.2, -0.15) is 0 Å². The quantitative estimate of drug-likeness (QED) is 0.840. The highest BCUT2D eigenvalue weighted by molar-refractivity contribution is 6.29. The molecule has 1 fully saturated rings. The third kappa shape index (κ3) is 3.30. The molecular weight excluding hydrogens is 238 g/mol. The van der Waals surface area contributed by atoms with Crippen LogP contribution in [0.3, 0.4) is 0 Å². The molecule has 2 unspecified atom stereocenters. The molecule has 1 aromatic heterocycles. The minimum Gasteiger partial charge on any atom is -0.381 e. The lowest BCUT2D eigenvalue weighted by atomic mass is 10.0. The molecule has 5 heteroatoms. The Hall–Kier alpha value is -0.870. The zero-order chi connectivity index (χ0) is 12.3. The molecule has 0 bridgehead atoms. The Morgan fingerprint density at radius 2 is 2.41 bits per heavy atom. The molecule has 1 saturated heterocycles. The number of halogens is 1. The van der Waals surface area contributed by atoms with Gasteiger partial charge in [0.25, 0.3) is 0 Å². The van der Waals surface area contributed by atoms with Gasteiger partial charge in [-0.15, -0.1) is 0 Å². The van der Waals surface area contributed by atoms with Crippen LogP contribution in [-0.2, 0) is 11.2 Å². The molecular formula is C12H18ClN3O. The van der Waals surface area contributed by atoms with Crippen LogP contribution >= 0.6 is 11.6 Å². The Balaban J connectivity index is 2.04. The Kier molecular flexibility index (Phi) is 4.18. The van der Waals surface area contributed by atoms with Crippen molar-refractivity contribution in [3.63, 3.8) is 0 Å². The van der Waals surface area contributed by atoms with Gasteiger partial charge in [0.15, 0.2) is 0 Å². The summed E-state index contributed by atoms with van der Waals surface area (Å²) in [4.78, 5) is 8.56. The second kappa shape index (κ2) is 5.65. The van der Waals surface area contributed by atoms with Gasteiger partial charge in [0, 0.05) is 31.1 Å². The standard InChI is InChI=1S/C12H18ClN3O/c1-3-11-15-10(13)6-12(16-11)14-8(2)9-4-5-17-7-9/h6,8-9H,3-5,7H2,1-2H3,(H,14,15,16). The summed E-state index contributed by atoms with van der Waals surface area (Å²) in [6.45, 7) is 5.86. The van der Waals surface area contributed by atoms with Crippen LogP contribution in [0.2, 0.25) is 5.15 Å². The van der Waals surface area contributed by atoms with E-state index in [1.807, 2.05) is 6.92 Å². The number of aryl methyl sites for hydroxylation is 1. The molecule has 0 aliphatic carbocycles. The molecule has 0 aromatic carbocycles. The van der Waals surface area contributed by atoms with Gasteiger partial charge in [-0.25, -0.2) is 9.97 Å². The molecule has 94 valence electrons. The summed E-state index contributed by atoms with van der Waals surface area (Å²) >= 11 is 5.96. The summed E-state index contributed by atoms with van der Waals surface area (Å²) in [5.74, 6) is 2.13. The fraction of sp³-hybridized carbons (Fsp3) is 0.667. The van der Waals surface area contributed by atoms with Gasteiger partial charge >= 0.3 is 0 Å². The summed E-state index contributed by atoms with van der Waals surface area (Å²) in [5.41, 5.74) is 0. The monoisotopic (exact) mass is 255 g/mol. The van der Waals surface area contributed by atoms with E-state index in [0.29, 0.717) is 17.1 Å². The average molecular weight is 256 g/mol. The molecule has 2 rings (SSSR count). The van der Waals surface area contributed by atoms with Crippen LogP contribution in [0.25, 0.3) is 0 Å². The van der Waals surface area contributed by atoms with Crippen LogP contribution in [0.15, 0.2) is 6.07 Å². The van der Waals surface area contributed by atoms with Crippen LogP contribution in [0.1, 0.15) is 26.1 Å². The van der Waals surface area contributed by atoms with Gasteiger partial charge in [-0.3, -0.25) is 0 Å². The van der Waals surface area contributed by atoms with Crippen LogP contribution in [0.4, 0.5) is 5.82 Å². The molecule has 1 aliphatic rings. The van der Waals surface area contributed by atoms with Crippen molar-refractivity contribution in [3.05, 3.63) is 17.0 Å². The fourth-order valence-corrected chi connectivity index (χ4v) is 2.20. The highest BCUT2D eigenvalue weighted by atomic mass is 35.5. The van der Waals surface area contributed by atoms with E-state index in [1.165, 1.54) is 0 Å². The molecule has 0 radical (unpaired) electrons. The molecule has 0 spiro atoms. The van der Waals surface area contributed by atoms with Gasteiger partial charge < -0.3 is 10.1 Å². The van der Waals surface area contributed by atoms with E-state index in [2.05, 4.69) is 22.2 Å². The zero-order valence-electron chi connectivity index (χ0n) is 10.2. The van der Waals surface area contributed by atoms with Crippen molar-refractivity contribution in [2.45, 2.75) is 32.7 Å². The van der Waals surface area contributed by atoms with Gasteiger partial charge in [-0.05, 0) is 13.3 Å². The second-order valence-electron chi connectivity index (χ2n) is 4.40. The highest BCUT2D eigenvalue weighted by Crippen LogP contribution is 2.20. The van der Waals surface area contributed by atoms with Crippen LogP contribution < -0.4 is 5.32 Å². The summed E-state index contributed by atoms with van der Waals surface area (Å²) in [6, 6.07) is 2.11. The van der Waals surface area contributed by atoms with E-state index < -0.39 is 0 Å². The van der Waals surface area contributed by atoms with Crippen molar-refractivity contribution >= 4 is 17.4 Å². The maximum atomic E-state index is 5.96. The van der Waals surface area contributed by atoms with E-state index in [4.69, 9.17) is 16.3 Å². The van der Waals surface area contributed by atoms with Crippen LogP contribution in [-0.4, -0.2) is 29.2 Å². The van der Waals surface area contributed by atoms with Gasteiger partial charge in [0.05, 0.1) is 6.61 Å². The van der Waals surface area contributed by atoms with E-state index in [1.54, 1.807) is 6.07 Å². The predicted octanol–water partition coefficient (Wildman–Crippen LogP) is 2.53. The van der Waals surface area contributed by atoms with E-state index in [0.717, 1.165) is 37.7 Å². The smallest absolute Gasteiger partial charge is 0.134 e. The zero-order valence-corrected chi connectivity index (χ0v) is 11.0. The molecule has 0 amide bonds. The van der Waals surface area contributed by atoms with Crippen LogP contribution in [0.5, 0.6) is 0 Å². The second-order valence-corrected chi connectivity index (χ2v) is 4.79. The number of hydrogen-bond donors (Lipinski definition) is 1. The molecule has 17 heavy (non-hydrogen) atoms. The molecule has 0 saturated carbocycles. The maximum Gasteiger partial charge on any atom is 0.134 e. The number of nitrogens with one attached hydrogen (secondary N) is 1. The number of hydrogen-bond acceptors (Lipinski definition) is 4. The van der Waals surface area contributed by atoms with Gasteiger partial charge in [0.2, 0.25) is 0 Å². The van der Waals surface area contributed by atoms with Crippen molar-refractivity contribution in [1.82, 2.24) is 9.97 Å². The largest absolute Gasteiger partial charge is 0.381 e. The van der Waals surface area contributed by atoms with Crippen molar-refractivity contribution < 1.29 is 4.74 Å². The minimum atomic E-state index is 0.341. The fourth-order valence-electron chi connectivity index (χ4n) is 1.99. The molecule has 4 nitrogen and oxygen atoms in total. The lowest BCUT2D eigenvalue weighted by Gasteiger charge is -2.20.